The molecule has 9 nitrogen and oxygen atoms in total. The van der Waals surface area contributed by atoms with Crippen LogP contribution in [0, 0.1) is 11.8 Å². The number of piperidine rings is 2. The number of nitrogens with zero attached hydrogens (tertiary/aromatic N) is 1. The Labute approximate surface area is 173 Å². The second-order valence-electron chi connectivity index (χ2n) is 8.41. The molecule has 0 aliphatic carbocycles. The summed E-state index contributed by atoms with van der Waals surface area (Å²) in [5.74, 6) is -1.18. The van der Waals surface area contributed by atoms with Gasteiger partial charge in [-0.2, -0.15) is 0 Å². The number of benzene rings is 1. The monoisotopic (exact) mass is 412 g/mol. The molecule has 4 heterocycles. The molecule has 9 heteroatoms. The zero-order valence-corrected chi connectivity index (χ0v) is 16.5. The Hall–Kier alpha value is -2.62. The highest BCUT2D eigenvalue weighted by atomic mass is 16.5. The Balaban J connectivity index is 1.37. The molecule has 0 saturated carbocycles. The van der Waals surface area contributed by atoms with E-state index in [1.54, 1.807) is 12.1 Å². The van der Waals surface area contributed by atoms with E-state index in [1.807, 2.05) is 6.07 Å². The standard InChI is InChI=1S/C21H24N4O5/c26-16-5-4-15(19(27)24-16)25-20(28)14-3-1-2-11(17(14)21(25)29)8-23-18-12-6-22-7-13(18)10-30-9-12/h1-3,12-13,15,18,22-23H,4-10H2,(H,24,26,27). The fourth-order valence-corrected chi connectivity index (χ4v) is 5.08. The van der Waals surface area contributed by atoms with Crippen molar-refractivity contribution in [2.45, 2.75) is 31.5 Å². The van der Waals surface area contributed by atoms with Crippen LogP contribution in [0.15, 0.2) is 18.2 Å². The van der Waals surface area contributed by atoms with Crippen LogP contribution in [0.25, 0.3) is 0 Å². The molecule has 30 heavy (non-hydrogen) atoms. The molecule has 1 aromatic carbocycles. The summed E-state index contributed by atoms with van der Waals surface area (Å²) in [7, 11) is 0. The molecular formula is C21H24N4O5. The van der Waals surface area contributed by atoms with Crippen molar-refractivity contribution in [1.82, 2.24) is 20.9 Å². The number of ether oxygens (including phenoxy) is 1. The number of carbonyl (C=O) groups excluding carboxylic acids is 4. The summed E-state index contributed by atoms with van der Waals surface area (Å²) in [6.07, 6.45) is 0.265. The third kappa shape index (κ3) is 3.13. The van der Waals surface area contributed by atoms with Gasteiger partial charge in [-0.15, -0.1) is 0 Å². The lowest BCUT2D eigenvalue weighted by Crippen LogP contribution is -2.59. The Kier molecular flexibility index (Phi) is 4.88. The first-order valence-corrected chi connectivity index (χ1v) is 10.4. The van der Waals surface area contributed by atoms with Crippen LogP contribution < -0.4 is 16.0 Å². The van der Waals surface area contributed by atoms with Gasteiger partial charge in [0.2, 0.25) is 11.8 Å². The van der Waals surface area contributed by atoms with Gasteiger partial charge in [0.1, 0.15) is 6.04 Å². The first-order chi connectivity index (χ1) is 14.5. The van der Waals surface area contributed by atoms with Crippen LogP contribution in [-0.2, 0) is 20.9 Å². The summed E-state index contributed by atoms with van der Waals surface area (Å²) in [5.41, 5.74) is 1.42. The Morgan fingerprint density at radius 1 is 1.07 bits per heavy atom. The van der Waals surface area contributed by atoms with Crippen LogP contribution in [0.4, 0.5) is 0 Å². The molecule has 3 unspecified atom stereocenters. The molecular weight excluding hydrogens is 388 g/mol. The van der Waals surface area contributed by atoms with Crippen LogP contribution in [0.2, 0.25) is 0 Å². The van der Waals surface area contributed by atoms with Gasteiger partial charge in [-0.1, -0.05) is 12.1 Å². The predicted octanol–water partition coefficient (Wildman–Crippen LogP) is -0.588. The van der Waals surface area contributed by atoms with Gasteiger partial charge in [-0.25, -0.2) is 0 Å². The second-order valence-corrected chi connectivity index (χ2v) is 8.41. The van der Waals surface area contributed by atoms with E-state index in [2.05, 4.69) is 16.0 Å². The summed E-state index contributed by atoms with van der Waals surface area (Å²) >= 11 is 0. The fraction of sp³-hybridized carbons (Fsp3) is 0.524. The zero-order valence-electron chi connectivity index (χ0n) is 16.5. The molecule has 4 aliphatic rings. The minimum absolute atomic E-state index is 0.110. The number of nitrogens with one attached hydrogen (secondary N) is 3. The maximum Gasteiger partial charge on any atom is 0.262 e. The highest BCUT2D eigenvalue weighted by molar-refractivity contribution is 6.24. The number of hydrogen-bond donors (Lipinski definition) is 3. The van der Waals surface area contributed by atoms with Crippen LogP contribution in [0.5, 0.6) is 0 Å². The minimum Gasteiger partial charge on any atom is -0.381 e. The average Bonchev–Trinajstić information content (AvgIpc) is 2.97. The van der Waals surface area contributed by atoms with Crippen molar-refractivity contribution in [2.24, 2.45) is 11.8 Å². The first kappa shape index (κ1) is 19.3. The highest BCUT2D eigenvalue weighted by Crippen LogP contribution is 2.30. The van der Waals surface area contributed by atoms with Gasteiger partial charge < -0.3 is 15.4 Å². The summed E-state index contributed by atoms with van der Waals surface area (Å²) in [6, 6.07) is 4.57. The first-order valence-electron chi connectivity index (χ1n) is 10.4. The van der Waals surface area contributed by atoms with Crippen LogP contribution in [0.1, 0.15) is 39.1 Å². The van der Waals surface area contributed by atoms with Crippen molar-refractivity contribution in [2.75, 3.05) is 26.3 Å². The van der Waals surface area contributed by atoms with Crippen molar-refractivity contribution < 1.29 is 23.9 Å². The molecule has 4 aliphatic heterocycles. The maximum atomic E-state index is 13.2. The molecule has 4 amide bonds. The molecule has 0 aromatic heterocycles. The molecule has 3 atom stereocenters. The summed E-state index contributed by atoms with van der Waals surface area (Å²) < 4.78 is 5.68. The zero-order chi connectivity index (χ0) is 20.8. The number of hydrogen-bond acceptors (Lipinski definition) is 7. The average molecular weight is 412 g/mol. The van der Waals surface area contributed by atoms with Crippen LogP contribution >= 0.6 is 0 Å². The highest BCUT2D eigenvalue weighted by Gasteiger charge is 2.45. The van der Waals surface area contributed by atoms with E-state index in [9.17, 15) is 19.2 Å². The van der Waals surface area contributed by atoms with E-state index in [4.69, 9.17) is 4.74 Å². The normalized spacial score (nSPS) is 31.0. The Morgan fingerprint density at radius 2 is 1.83 bits per heavy atom. The third-order valence-corrected chi connectivity index (χ3v) is 6.58. The van der Waals surface area contributed by atoms with E-state index in [-0.39, 0.29) is 24.8 Å². The third-order valence-electron chi connectivity index (χ3n) is 6.58. The summed E-state index contributed by atoms with van der Waals surface area (Å²) in [6.45, 7) is 3.65. The van der Waals surface area contributed by atoms with Crippen molar-refractivity contribution in [3.05, 3.63) is 34.9 Å². The Bertz CT molecular complexity index is 910. The lowest BCUT2D eigenvalue weighted by molar-refractivity contribution is -0.136. The van der Waals surface area contributed by atoms with Crippen LogP contribution in [0.3, 0.4) is 0 Å². The molecule has 158 valence electrons. The SMILES string of the molecule is O=C1CCC(N2C(=O)c3cccc(CNC4C5CNCC4COC5)c3C2=O)C(=O)N1. The quantitative estimate of drug-likeness (QED) is 0.566. The van der Waals surface area contributed by atoms with Gasteiger partial charge in [-0.05, 0) is 18.1 Å². The van der Waals surface area contributed by atoms with E-state index in [1.165, 1.54) is 0 Å². The topological polar surface area (TPSA) is 117 Å². The predicted molar refractivity (Wildman–Crippen MR) is 104 cm³/mol. The number of fused-ring (bicyclic) bond motifs is 3. The van der Waals surface area contributed by atoms with Crippen LogP contribution in [-0.4, -0.2) is 66.9 Å². The van der Waals surface area contributed by atoms with E-state index >= 15 is 0 Å². The molecule has 1 aromatic rings. The smallest absolute Gasteiger partial charge is 0.262 e. The van der Waals surface area contributed by atoms with Gasteiger partial charge in [0.05, 0.1) is 24.3 Å². The van der Waals surface area contributed by atoms with E-state index < -0.39 is 23.8 Å². The number of amides is 4. The van der Waals surface area contributed by atoms with E-state index in [0.717, 1.165) is 23.6 Å². The van der Waals surface area contributed by atoms with Crippen molar-refractivity contribution >= 4 is 23.6 Å². The maximum absolute atomic E-state index is 13.2. The summed E-state index contributed by atoms with van der Waals surface area (Å²) in [5, 5.41) is 9.24. The van der Waals surface area contributed by atoms with Crippen molar-refractivity contribution in [1.29, 1.82) is 0 Å². The van der Waals surface area contributed by atoms with Gasteiger partial charge in [0.25, 0.3) is 11.8 Å². The number of imide groups is 2. The van der Waals surface area contributed by atoms with Gasteiger partial charge in [0, 0.05) is 43.9 Å². The lowest BCUT2D eigenvalue weighted by atomic mass is 9.83. The molecule has 0 spiro atoms. The molecule has 3 N–H and O–H groups in total. The molecule has 5 rings (SSSR count). The molecule has 3 saturated heterocycles. The molecule has 0 radical (unpaired) electrons. The van der Waals surface area contributed by atoms with E-state index in [0.29, 0.717) is 42.7 Å². The fourth-order valence-electron chi connectivity index (χ4n) is 5.08. The molecule has 2 bridgehead atoms. The Morgan fingerprint density at radius 3 is 2.57 bits per heavy atom. The largest absolute Gasteiger partial charge is 0.381 e. The summed E-state index contributed by atoms with van der Waals surface area (Å²) in [4.78, 5) is 50.8. The number of carbonyl (C=O) groups is 4. The van der Waals surface area contributed by atoms with Gasteiger partial charge in [0.15, 0.2) is 0 Å². The van der Waals surface area contributed by atoms with Crippen molar-refractivity contribution in [3.63, 3.8) is 0 Å². The molecule has 3 fully saturated rings. The second kappa shape index (κ2) is 7.57. The van der Waals surface area contributed by atoms with Gasteiger partial charge in [-0.3, -0.25) is 29.4 Å². The van der Waals surface area contributed by atoms with Gasteiger partial charge >= 0.3 is 0 Å². The number of rotatable bonds is 4. The lowest BCUT2D eigenvalue weighted by Gasteiger charge is -2.43. The minimum atomic E-state index is -0.947. The van der Waals surface area contributed by atoms with Crippen molar-refractivity contribution in [3.8, 4) is 0 Å².